The number of hydrogen-bond acceptors (Lipinski definition) is 7. The van der Waals surface area contributed by atoms with Gasteiger partial charge in [0, 0.05) is 12.4 Å². The summed E-state index contributed by atoms with van der Waals surface area (Å²) in [6.45, 7) is 1.86. The van der Waals surface area contributed by atoms with Crippen molar-refractivity contribution in [2.45, 2.75) is 6.92 Å². The van der Waals surface area contributed by atoms with Gasteiger partial charge in [0.15, 0.2) is 22.9 Å². The Bertz CT molecular complexity index is 1730. The average molecular weight is 580 g/mol. The lowest BCUT2D eigenvalue weighted by Gasteiger charge is -2.07. The molecular weight excluding hydrogens is 558 g/mol. The van der Waals surface area contributed by atoms with E-state index in [1.807, 2.05) is 55.7 Å². The molecule has 0 atom stereocenters. The Morgan fingerprint density at radius 1 is 1.16 bits per heavy atom. The summed E-state index contributed by atoms with van der Waals surface area (Å²) in [5.41, 5.74) is 2.90. The van der Waals surface area contributed by atoms with Gasteiger partial charge in [-0.2, -0.15) is 5.10 Å². The normalized spacial score (nSPS) is 12.1. The Hall–Kier alpha value is -4.09. The first-order valence-corrected chi connectivity index (χ1v) is 12.8. The molecule has 5 aromatic rings. The zero-order valence-electron chi connectivity index (χ0n) is 20.1. The number of phenols is 1. The largest absolute Gasteiger partial charge is 0.503 e. The van der Waals surface area contributed by atoms with Crippen LogP contribution in [0.3, 0.4) is 0 Å². The zero-order valence-corrected chi connectivity index (χ0v) is 22.5. The van der Waals surface area contributed by atoms with Crippen molar-refractivity contribution in [1.82, 2.24) is 14.0 Å². The summed E-state index contributed by atoms with van der Waals surface area (Å²) in [6, 6.07) is 16.4. The van der Waals surface area contributed by atoms with Gasteiger partial charge in [0.25, 0.3) is 5.56 Å². The Kier molecular flexibility index (Phi) is 6.72. The number of ether oxygens (including phenoxy) is 1. The summed E-state index contributed by atoms with van der Waals surface area (Å²) in [4.78, 5) is 18.7. The van der Waals surface area contributed by atoms with Gasteiger partial charge in [0.05, 0.1) is 35.4 Å². The third-order valence-corrected chi connectivity index (χ3v) is 7.20. The minimum absolute atomic E-state index is 0.00375. The van der Waals surface area contributed by atoms with Gasteiger partial charge in [-0.15, -0.1) is 11.3 Å². The molecule has 0 saturated heterocycles. The second kappa shape index (κ2) is 10.1. The van der Waals surface area contributed by atoms with Crippen LogP contribution >= 0.6 is 27.3 Å². The Labute approximate surface area is 223 Å². The van der Waals surface area contributed by atoms with Crippen LogP contribution in [0.4, 0.5) is 5.69 Å². The highest BCUT2D eigenvalue weighted by atomic mass is 79.9. The van der Waals surface area contributed by atoms with Gasteiger partial charge < -0.3 is 14.3 Å². The minimum Gasteiger partial charge on any atom is -0.503 e. The molecule has 188 valence electrons. The molecule has 0 aliphatic rings. The van der Waals surface area contributed by atoms with E-state index in [4.69, 9.17) is 14.1 Å². The third kappa shape index (κ3) is 4.58. The summed E-state index contributed by atoms with van der Waals surface area (Å²) in [7, 11) is 3.31. The van der Waals surface area contributed by atoms with E-state index in [-0.39, 0.29) is 11.3 Å². The molecule has 11 heteroatoms. The van der Waals surface area contributed by atoms with E-state index >= 15 is 0 Å². The lowest BCUT2D eigenvalue weighted by Crippen LogP contribution is -2.19. The number of halogens is 1. The van der Waals surface area contributed by atoms with E-state index in [2.05, 4.69) is 21.0 Å². The highest BCUT2D eigenvalue weighted by Crippen LogP contribution is 2.34. The monoisotopic (exact) mass is 579 g/mol. The van der Waals surface area contributed by atoms with Gasteiger partial charge in [-0.25, -0.2) is 14.4 Å². The lowest BCUT2D eigenvalue weighted by atomic mass is 10.2. The molecule has 2 aromatic carbocycles. The van der Waals surface area contributed by atoms with Crippen molar-refractivity contribution in [3.8, 4) is 28.6 Å². The fourth-order valence-electron chi connectivity index (χ4n) is 3.81. The Morgan fingerprint density at radius 3 is 2.65 bits per heavy atom. The van der Waals surface area contributed by atoms with E-state index in [0.29, 0.717) is 43.4 Å². The maximum atomic E-state index is 13.4. The molecular formula is C26H22BrN5O4S. The first-order chi connectivity index (χ1) is 17.9. The number of nitrogens with zero attached hydrogens (tertiary/aromatic N) is 5. The van der Waals surface area contributed by atoms with Crippen molar-refractivity contribution in [2.75, 3.05) is 7.11 Å². The quantitative estimate of drug-likeness (QED) is 0.279. The van der Waals surface area contributed by atoms with Crippen LogP contribution in [0.5, 0.6) is 11.5 Å². The number of methoxy groups -OCH3 is 1. The molecule has 0 aliphatic heterocycles. The number of furan rings is 1. The number of aromatic nitrogens is 3. The molecule has 0 spiro atoms. The van der Waals surface area contributed by atoms with Gasteiger partial charge in [0.2, 0.25) is 4.80 Å². The van der Waals surface area contributed by atoms with Crippen LogP contribution in [0.15, 0.2) is 90.0 Å². The van der Waals surface area contributed by atoms with Crippen molar-refractivity contribution in [1.29, 1.82) is 0 Å². The van der Waals surface area contributed by atoms with Crippen molar-refractivity contribution in [3.63, 3.8) is 0 Å². The van der Waals surface area contributed by atoms with Crippen molar-refractivity contribution in [3.05, 3.63) is 97.1 Å². The van der Waals surface area contributed by atoms with Crippen LogP contribution in [0.2, 0.25) is 0 Å². The van der Waals surface area contributed by atoms with E-state index in [1.54, 1.807) is 44.7 Å². The zero-order chi connectivity index (χ0) is 26.1. The van der Waals surface area contributed by atoms with Gasteiger partial charge >= 0.3 is 0 Å². The Balaban J connectivity index is 1.67. The maximum absolute atomic E-state index is 13.4. The van der Waals surface area contributed by atoms with Crippen molar-refractivity contribution in [2.24, 2.45) is 17.1 Å². The summed E-state index contributed by atoms with van der Waals surface area (Å²) >= 11 is 4.67. The van der Waals surface area contributed by atoms with Crippen LogP contribution in [-0.2, 0) is 7.05 Å². The van der Waals surface area contributed by atoms with Gasteiger partial charge in [-0.3, -0.25) is 9.48 Å². The molecule has 3 heterocycles. The summed E-state index contributed by atoms with van der Waals surface area (Å²) in [6.07, 6.45) is 3.20. The molecule has 0 unspecified atom stereocenters. The maximum Gasteiger partial charge on any atom is 0.297 e. The van der Waals surface area contributed by atoms with Gasteiger partial charge in [-0.05, 0) is 64.8 Å². The molecule has 0 saturated carbocycles. The molecule has 0 fully saturated rings. The van der Waals surface area contributed by atoms with E-state index in [1.165, 1.54) is 18.4 Å². The summed E-state index contributed by atoms with van der Waals surface area (Å²) in [5, 5.41) is 16.7. The highest BCUT2D eigenvalue weighted by Gasteiger charge is 2.17. The number of thiazole rings is 1. The predicted octanol–water partition coefficient (Wildman–Crippen LogP) is 5.20. The van der Waals surface area contributed by atoms with Gasteiger partial charge in [0.1, 0.15) is 5.69 Å². The molecule has 37 heavy (non-hydrogen) atoms. The van der Waals surface area contributed by atoms with Crippen LogP contribution in [0, 0.1) is 6.92 Å². The van der Waals surface area contributed by atoms with Crippen LogP contribution in [-0.4, -0.2) is 32.5 Å². The highest BCUT2D eigenvalue weighted by molar-refractivity contribution is 9.10. The molecule has 5 rings (SSSR count). The average Bonchev–Trinajstić information content (AvgIpc) is 3.62. The molecule has 9 nitrogen and oxygen atoms in total. The lowest BCUT2D eigenvalue weighted by molar-refractivity contribution is 0.372. The molecule has 3 aromatic heterocycles. The van der Waals surface area contributed by atoms with Gasteiger partial charge in [-0.1, -0.05) is 18.2 Å². The standard InChI is InChI=1S/C26H22BrN5O4S/c1-16-23(25(34)32(30(16)2)18-8-5-4-6-9-18)29-26-31(20(15-37-26)21-10-7-11-36-21)28-14-17-12-19(27)24(33)22(13-17)35-3/h4-15,33H,1-3H3. The number of benzene rings is 2. The second-order valence-electron chi connectivity index (χ2n) is 8.01. The number of rotatable bonds is 6. The SMILES string of the molecule is COc1cc(C=Nn2c(-c3ccco3)csc2=Nc2c(C)n(C)n(-c3ccccc3)c2=O)cc(Br)c1O. The van der Waals surface area contributed by atoms with E-state index < -0.39 is 0 Å². The van der Waals surface area contributed by atoms with Crippen LogP contribution in [0.25, 0.3) is 17.1 Å². The minimum atomic E-state index is -0.234. The number of phenolic OH excluding ortho intramolecular Hbond substituents is 1. The molecule has 0 bridgehead atoms. The number of para-hydroxylation sites is 1. The molecule has 0 aliphatic carbocycles. The van der Waals surface area contributed by atoms with Crippen LogP contribution in [0.1, 0.15) is 11.3 Å². The number of aromatic hydroxyl groups is 1. The predicted molar refractivity (Wildman–Crippen MR) is 146 cm³/mol. The fraction of sp³-hybridized carbons (Fsp3) is 0.115. The number of hydrogen-bond donors (Lipinski definition) is 1. The smallest absolute Gasteiger partial charge is 0.297 e. The third-order valence-electron chi connectivity index (χ3n) is 5.78. The van der Waals surface area contributed by atoms with Crippen molar-refractivity contribution < 1.29 is 14.3 Å². The first kappa shape index (κ1) is 24.6. The van der Waals surface area contributed by atoms with Crippen LogP contribution < -0.4 is 15.1 Å². The summed E-state index contributed by atoms with van der Waals surface area (Å²) < 4.78 is 16.3. The summed E-state index contributed by atoms with van der Waals surface area (Å²) in [5.74, 6) is 0.915. The van der Waals surface area contributed by atoms with Crippen molar-refractivity contribution >= 4 is 39.2 Å². The second-order valence-corrected chi connectivity index (χ2v) is 9.70. The molecule has 0 radical (unpaired) electrons. The van der Waals surface area contributed by atoms with E-state index in [0.717, 1.165) is 5.69 Å². The Morgan fingerprint density at radius 2 is 1.95 bits per heavy atom. The molecule has 0 amide bonds. The molecule has 1 N–H and O–H groups in total. The topological polar surface area (TPSA) is 99.2 Å². The fourth-order valence-corrected chi connectivity index (χ4v) is 5.09. The van der Waals surface area contributed by atoms with E-state index in [9.17, 15) is 9.90 Å². The first-order valence-electron chi connectivity index (χ1n) is 11.1.